The summed E-state index contributed by atoms with van der Waals surface area (Å²) < 4.78 is 3.59. The van der Waals surface area contributed by atoms with Gasteiger partial charge >= 0.3 is 0 Å². The van der Waals surface area contributed by atoms with Gasteiger partial charge in [-0.1, -0.05) is 30.8 Å². The molecular formula is C22H18N6OS2. The number of aromatic nitrogens is 6. The number of hydrogen-bond acceptors (Lipinski definition) is 7. The molecule has 0 fully saturated rings. The lowest BCUT2D eigenvalue weighted by atomic mass is 10.1. The third kappa shape index (κ3) is 3.89. The Hall–Kier alpha value is -3.30. The maximum atomic E-state index is 12.3. The quantitative estimate of drug-likeness (QED) is 0.363. The first-order valence-corrected chi connectivity index (χ1v) is 11.6. The van der Waals surface area contributed by atoms with Crippen molar-refractivity contribution in [1.82, 2.24) is 29.1 Å². The van der Waals surface area contributed by atoms with Gasteiger partial charge in [0.2, 0.25) is 0 Å². The molecule has 5 rings (SSSR count). The molecule has 0 spiro atoms. The molecule has 0 unspecified atom stereocenters. The van der Waals surface area contributed by atoms with Crippen LogP contribution in [0.4, 0.5) is 0 Å². The van der Waals surface area contributed by atoms with Crippen LogP contribution in [0.25, 0.3) is 22.0 Å². The minimum absolute atomic E-state index is 0.0732. The van der Waals surface area contributed by atoms with Gasteiger partial charge in [-0.2, -0.15) is 0 Å². The molecule has 0 saturated heterocycles. The minimum Gasteiger partial charge on any atom is -0.270 e. The van der Waals surface area contributed by atoms with Crippen molar-refractivity contribution in [2.75, 3.05) is 0 Å². The number of benzene rings is 1. The summed E-state index contributed by atoms with van der Waals surface area (Å²) in [6, 6.07) is 13.8. The van der Waals surface area contributed by atoms with E-state index in [2.05, 4.69) is 51.4 Å². The van der Waals surface area contributed by atoms with Crippen LogP contribution >= 0.6 is 23.1 Å². The number of thiazole rings is 1. The highest BCUT2D eigenvalue weighted by atomic mass is 32.2. The van der Waals surface area contributed by atoms with Crippen LogP contribution in [-0.4, -0.2) is 29.1 Å². The molecule has 0 radical (unpaired) electrons. The van der Waals surface area contributed by atoms with Gasteiger partial charge in [-0.05, 0) is 36.2 Å². The predicted molar refractivity (Wildman–Crippen MR) is 123 cm³/mol. The smallest absolute Gasteiger partial charge is 0.258 e. The Labute approximate surface area is 186 Å². The summed E-state index contributed by atoms with van der Waals surface area (Å²) in [5.74, 6) is 1.27. The van der Waals surface area contributed by atoms with E-state index in [9.17, 15) is 4.79 Å². The second-order valence-electron chi connectivity index (χ2n) is 6.83. The highest BCUT2D eigenvalue weighted by molar-refractivity contribution is 7.98. The molecule has 0 saturated carbocycles. The molecule has 0 aliphatic rings. The van der Waals surface area contributed by atoms with E-state index in [1.807, 2.05) is 22.1 Å². The van der Waals surface area contributed by atoms with Crippen molar-refractivity contribution in [1.29, 1.82) is 0 Å². The van der Waals surface area contributed by atoms with Gasteiger partial charge < -0.3 is 0 Å². The number of pyridine rings is 1. The Balaban J connectivity index is 1.52. The molecule has 5 aromatic rings. The molecule has 0 aliphatic heterocycles. The first-order chi connectivity index (χ1) is 15.2. The monoisotopic (exact) mass is 446 g/mol. The van der Waals surface area contributed by atoms with Crippen molar-refractivity contribution < 1.29 is 0 Å². The minimum atomic E-state index is -0.0732. The molecule has 0 amide bonds. The molecule has 9 heteroatoms. The Bertz CT molecular complexity index is 1390. The van der Waals surface area contributed by atoms with Crippen molar-refractivity contribution in [3.05, 3.63) is 88.0 Å². The van der Waals surface area contributed by atoms with E-state index in [1.165, 1.54) is 28.7 Å². The van der Waals surface area contributed by atoms with Crippen LogP contribution in [0.1, 0.15) is 18.2 Å². The molecule has 1 aromatic carbocycles. The van der Waals surface area contributed by atoms with Gasteiger partial charge in [-0.15, -0.1) is 21.5 Å². The Morgan fingerprint density at radius 1 is 1.06 bits per heavy atom. The van der Waals surface area contributed by atoms with E-state index in [0.717, 1.165) is 34.3 Å². The summed E-state index contributed by atoms with van der Waals surface area (Å²) in [6.07, 6.45) is 6.21. The third-order valence-electron chi connectivity index (χ3n) is 4.88. The van der Waals surface area contributed by atoms with E-state index in [-0.39, 0.29) is 5.56 Å². The average molecular weight is 447 g/mol. The second-order valence-corrected chi connectivity index (χ2v) is 8.64. The molecular weight excluding hydrogens is 428 g/mol. The number of rotatable bonds is 6. The van der Waals surface area contributed by atoms with Crippen molar-refractivity contribution >= 4 is 28.1 Å². The fourth-order valence-corrected chi connectivity index (χ4v) is 4.85. The van der Waals surface area contributed by atoms with Gasteiger partial charge in [-0.25, -0.2) is 4.98 Å². The number of thioether (sulfide) groups is 1. The Morgan fingerprint density at radius 3 is 2.65 bits per heavy atom. The van der Waals surface area contributed by atoms with Crippen LogP contribution in [-0.2, 0) is 12.2 Å². The molecule has 0 N–H and O–H groups in total. The lowest BCUT2D eigenvalue weighted by molar-refractivity contribution is 0.883. The molecule has 31 heavy (non-hydrogen) atoms. The Kier molecular flexibility index (Phi) is 5.35. The first kappa shape index (κ1) is 19.7. The highest BCUT2D eigenvalue weighted by Gasteiger charge is 2.17. The summed E-state index contributed by atoms with van der Waals surface area (Å²) in [7, 11) is 0. The summed E-state index contributed by atoms with van der Waals surface area (Å²) in [5.41, 5.74) is 3.84. The van der Waals surface area contributed by atoms with Gasteiger partial charge in [0.1, 0.15) is 0 Å². The second kappa shape index (κ2) is 8.44. The largest absolute Gasteiger partial charge is 0.270 e. The molecule has 154 valence electrons. The van der Waals surface area contributed by atoms with Gasteiger partial charge in [0, 0.05) is 47.0 Å². The fourth-order valence-electron chi connectivity index (χ4n) is 3.27. The van der Waals surface area contributed by atoms with E-state index in [4.69, 9.17) is 0 Å². The average Bonchev–Trinajstić information content (AvgIpc) is 3.46. The third-order valence-corrected chi connectivity index (χ3v) is 6.60. The molecule has 0 atom stereocenters. The van der Waals surface area contributed by atoms with Gasteiger partial charge in [-0.3, -0.25) is 18.7 Å². The van der Waals surface area contributed by atoms with Gasteiger partial charge in [0.25, 0.3) is 5.56 Å². The number of hydrogen-bond donors (Lipinski definition) is 0. The molecule has 0 bridgehead atoms. The van der Waals surface area contributed by atoms with Crippen LogP contribution < -0.4 is 5.56 Å². The fraction of sp³-hybridized carbons (Fsp3) is 0.136. The van der Waals surface area contributed by atoms with E-state index in [1.54, 1.807) is 29.1 Å². The number of fused-ring (bicyclic) bond motifs is 1. The zero-order chi connectivity index (χ0) is 21.2. The zero-order valence-corrected chi connectivity index (χ0v) is 18.3. The molecule has 7 nitrogen and oxygen atoms in total. The Morgan fingerprint density at radius 2 is 1.87 bits per heavy atom. The van der Waals surface area contributed by atoms with Gasteiger partial charge in [0.15, 0.2) is 15.9 Å². The van der Waals surface area contributed by atoms with E-state index < -0.39 is 0 Å². The zero-order valence-electron chi connectivity index (χ0n) is 16.7. The maximum Gasteiger partial charge on any atom is 0.258 e. The van der Waals surface area contributed by atoms with Crippen LogP contribution in [0.2, 0.25) is 0 Å². The van der Waals surface area contributed by atoms with Crippen LogP contribution in [0.3, 0.4) is 0 Å². The SMILES string of the molecule is CCc1ccc(-n2c(SCc3cc(=O)n4ccsc4n3)nnc2-c2ccncc2)cc1. The standard InChI is InChI=1S/C22H18N6OS2/c1-2-15-3-5-18(6-4-15)28-20(16-7-9-23-10-8-16)25-26-22(28)31-14-17-13-19(29)27-11-12-30-21(27)24-17/h3-13H,2,14H2,1H3. The van der Waals surface area contributed by atoms with Crippen LogP contribution in [0.15, 0.2) is 76.4 Å². The van der Waals surface area contributed by atoms with Gasteiger partial charge in [0.05, 0.1) is 5.69 Å². The lowest BCUT2D eigenvalue weighted by Gasteiger charge is -2.11. The topological polar surface area (TPSA) is 78.0 Å². The normalized spacial score (nSPS) is 11.3. The van der Waals surface area contributed by atoms with E-state index >= 15 is 0 Å². The van der Waals surface area contributed by atoms with Crippen LogP contribution in [0.5, 0.6) is 0 Å². The predicted octanol–water partition coefficient (Wildman–Crippen LogP) is 4.25. The summed E-state index contributed by atoms with van der Waals surface area (Å²) in [6.45, 7) is 2.14. The molecule has 4 aromatic heterocycles. The lowest BCUT2D eigenvalue weighted by Crippen LogP contribution is -2.12. The maximum absolute atomic E-state index is 12.3. The van der Waals surface area contributed by atoms with E-state index in [0.29, 0.717) is 10.7 Å². The number of nitrogens with zero attached hydrogens (tertiary/aromatic N) is 6. The summed E-state index contributed by atoms with van der Waals surface area (Å²) in [4.78, 5) is 21.7. The first-order valence-electron chi connectivity index (χ1n) is 9.76. The van der Waals surface area contributed by atoms with Crippen molar-refractivity contribution in [2.24, 2.45) is 0 Å². The summed E-state index contributed by atoms with van der Waals surface area (Å²) >= 11 is 2.95. The van der Waals surface area contributed by atoms with Crippen molar-refractivity contribution in [2.45, 2.75) is 24.3 Å². The van der Waals surface area contributed by atoms with Crippen molar-refractivity contribution in [3.8, 4) is 17.1 Å². The summed E-state index contributed by atoms with van der Waals surface area (Å²) in [5, 5.41) is 11.5. The van der Waals surface area contributed by atoms with Crippen molar-refractivity contribution in [3.63, 3.8) is 0 Å². The highest BCUT2D eigenvalue weighted by Crippen LogP contribution is 2.29. The number of aryl methyl sites for hydroxylation is 1. The molecule has 0 aliphatic carbocycles. The molecule has 4 heterocycles. The van der Waals surface area contributed by atoms with Crippen LogP contribution in [0, 0.1) is 0 Å².